The van der Waals surface area contributed by atoms with Crippen molar-refractivity contribution >= 4 is 5.97 Å². The second-order valence-electron chi connectivity index (χ2n) is 2.76. The number of rotatable bonds is 1. The van der Waals surface area contributed by atoms with Gasteiger partial charge in [-0.15, -0.1) is 0 Å². The molecule has 0 aromatic rings. The summed E-state index contributed by atoms with van der Waals surface area (Å²) in [5, 5.41) is 0. The highest BCUT2D eigenvalue weighted by molar-refractivity contribution is 5.72. The molecule has 0 aromatic carbocycles. The lowest BCUT2D eigenvalue weighted by Crippen LogP contribution is -2.35. The van der Waals surface area contributed by atoms with Crippen LogP contribution < -0.4 is 5.90 Å². The van der Waals surface area contributed by atoms with Gasteiger partial charge in [0.25, 0.3) is 0 Å². The smallest absolute Gasteiger partial charge is 0.330 e. The molecule has 1 aliphatic heterocycles. The molecule has 1 rings (SSSR count). The highest BCUT2D eigenvalue weighted by Gasteiger charge is 2.29. The van der Waals surface area contributed by atoms with E-state index in [2.05, 4.69) is 4.84 Å². The molecule has 2 unspecified atom stereocenters. The Balaban J connectivity index is 2.47. The number of ether oxygens (including phenoxy) is 1. The monoisotopic (exact) mass is 159 g/mol. The van der Waals surface area contributed by atoms with E-state index in [1.807, 2.05) is 6.92 Å². The van der Waals surface area contributed by atoms with Gasteiger partial charge in [0.05, 0.1) is 12.0 Å². The maximum Gasteiger partial charge on any atom is 0.330 e. The minimum Gasteiger partial charge on any atom is -0.378 e. The van der Waals surface area contributed by atoms with E-state index in [0.717, 1.165) is 19.4 Å². The maximum absolute atomic E-state index is 11.0. The molecule has 2 atom stereocenters. The van der Waals surface area contributed by atoms with Crippen molar-refractivity contribution in [3.05, 3.63) is 0 Å². The van der Waals surface area contributed by atoms with Crippen LogP contribution in [0.1, 0.15) is 19.8 Å². The molecule has 0 amide bonds. The lowest BCUT2D eigenvalue weighted by molar-refractivity contribution is -0.157. The van der Waals surface area contributed by atoms with E-state index in [0.29, 0.717) is 0 Å². The summed E-state index contributed by atoms with van der Waals surface area (Å²) < 4.78 is 5.26. The van der Waals surface area contributed by atoms with Crippen molar-refractivity contribution in [3.63, 3.8) is 0 Å². The third-order valence-electron chi connectivity index (χ3n) is 2.03. The summed E-state index contributed by atoms with van der Waals surface area (Å²) >= 11 is 0. The number of nitrogens with two attached hydrogens (primary N) is 1. The van der Waals surface area contributed by atoms with E-state index in [-0.39, 0.29) is 18.0 Å². The molecule has 0 aliphatic carbocycles. The summed E-state index contributed by atoms with van der Waals surface area (Å²) in [6.07, 6.45) is 1.67. The molecule has 0 radical (unpaired) electrons. The molecular formula is C7H13NO3. The van der Waals surface area contributed by atoms with Crippen molar-refractivity contribution in [1.82, 2.24) is 0 Å². The zero-order valence-corrected chi connectivity index (χ0v) is 6.58. The second kappa shape index (κ2) is 3.69. The van der Waals surface area contributed by atoms with Crippen LogP contribution in [0.5, 0.6) is 0 Å². The highest BCUT2D eigenvalue weighted by Crippen LogP contribution is 2.20. The van der Waals surface area contributed by atoms with Crippen molar-refractivity contribution in [2.45, 2.75) is 25.9 Å². The molecule has 0 saturated carbocycles. The molecule has 4 nitrogen and oxygen atoms in total. The summed E-state index contributed by atoms with van der Waals surface area (Å²) in [6.45, 7) is 2.59. The van der Waals surface area contributed by atoms with Gasteiger partial charge < -0.3 is 9.57 Å². The number of carbonyl (C=O) groups is 1. The summed E-state index contributed by atoms with van der Waals surface area (Å²) in [7, 11) is 0. The fourth-order valence-electron chi connectivity index (χ4n) is 1.32. The predicted octanol–water partition coefficient (Wildman–Crippen LogP) is 0.218. The second-order valence-corrected chi connectivity index (χ2v) is 2.76. The van der Waals surface area contributed by atoms with Crippen LogP contribution in [0.15, 0.2) is 0 Å². The number of hydrogen-bond donors (Lipinski definition) is 1. The van der Waals surface area contributed by atoms with Crippen LogP contribution in [0.2, 0.25) is 0 Å². The van der Waals surface area contributed by atoms with E-state index in [1.165, 1.54) is 0 Å². The average molecular weight is 159 g/mol. The van der Waals surface area contributed by atoms with Gasteiger partial charge in [-0.1, -0.05) is 0 Å². The Labute approximate surface area is 65.6 Å². The standard InChI is InChI=1S/C7H13NO3/c1-5-6(7(9)11-8)3-2-4-10-5/h5-6H,2-4,8H2,1H3. The first-order chi connectivity index (χ1) is 5.25. The zero-order valence-electron chi connectivity index (χ0n) is 6.58. The molecule has 2 N–H and O–H groups in total. The van der Waals surface area contributed by atoms with Gasteiger partial charge in [0.1, 0.15) is 0 Å². The molecule has 4 heteroatoms. The van der Waals surface area contributed by atoms with Crippen molar-refractivity contribution in [2.24, 2.45) is 11.8 Å². The normalized spacial score (nSPS) is 31.5. The van der Waals surface area contributed by atoms with Crippen LogP contribution in [0.4, 0.5) is 0 Å². The van der Waals surface area contributed by atoms with Gasteiger partial charge in [-0.25, -0.2) is 4.79 Å². The molecule has 64 valence electrons. The van der Waals surface area contributed by atoms with Crippen molar-refractivity contribution in [1.29, 1.82) is 0 Å². The number of carbonyl (C=O) groups excluding carboxylic acids is 1. The molecule has 0 spiro atoms. The Morgan fingerprint density at radius 1 is 1.73 bits per heavy atom. The highest BCUT2D eigenvalue weighted by atomic mass is 16.7. The third-order valence-corrected chi connectivity index (χ3v) is 2.03. The van der Waals surface area contributed by atoms with Crippen LogP contribution in [0, 0.1) is 5.92 Å². The summed E-state index contributed by atoms with van der Waals surface area (Å²) in [5.74, 6) is 4.22. The van der Waals surface area contributed by atoms with Gasteiger partial charge in [-0.3, -0.25) is 0 Å². The van der Waals surface area contributed by atoms with Gasteiger partial charge in [-0.2, -0.15) is 5.90 Å². The Morgan fingerprint density at radius 3 is 3.00 bits per heavy atom. The zero-order chi connectivity index (χ0) is 8.27. The lowest BCUT2D eigenvalue weighted by Gasteiger charge is -2.26. The Morgan fingerprint density at radius 2 is 2.45 bits per heavy atom. The Hall–Kier alpha value is -0.610. The first kappa shape index (κ1) is 8.49. The van der Waals surface area contributed by atoms with Crippen molar-refractivity contribution < 1.29 is 14.4 Å². The summed E-state index contributed by atoms with van der Waals surface area (Å²) in [6, 6.07) is 0. The van der Waals surface area contributed by atoms with Crippen LogP contribution in [-0.2, 0) is 14.4 Å². The first-order valence-corrected chi connectivity index (χ1v) is 3.78. The summed E-state index contributed by atoms with van der Waals surface area (Å²) in [4.78, 5) is 15.1. The van der Waals surface area contributed by atoms with E-state index in [1.54, 1.807) is 0 Å². The van der Waals surface area contributed by atoms with Gasteiger partial charge in [0.2, 0.25) is 0 Å². The van der Waals surface area contributed by atoms with E-state index in [9.17, 15) is 4.79 Å². The SMILES string of the molecule is CC1OCCCC1C(=O)ON. The molecule has 1 aliphatic rings. The average Bonchev–Trinajstić information content (AvgIpc) is 2.04. The van der Waals surface area contributed by atoms with E-state index in [4.69, 9.17) is 10.6 Å². The fraction of sp³-hybridized carbons (Fsp3) is 0.857. The minimum atomic E-state index is -0.364. The molecule has 0 bridgehead atoms. The van der Waals surface area contributed by atoms with Crippen LogP contribution in [0.25, 0.3) is 0 Å². The van der Waals surface area contributed by atoms with E-state index < -0.39 is 0 Å². The molecule has 1 saturated heterocycles. The van der Waals surface area contributed by atoms with Gasteiger partial charge in [-0.05, 0) is 19.8 Å². The van der Waals surface area contributed by atoms with Crippen LogP contribution >= 0.6 is 0 Å². The number of hydrogen-bond acceptors (Lipinski definition) is 4. The topological polar surface area (TPSA) is 61.5 Å². The lowest BCUT2D eigenvalue weighted by atomic mass is 9.96. The quantitative estimate of drug-likeness (QED) is 0.556. The van der Waals surface area contributed by atoms with Gasteiger partial charge in [0.15, 0.2) is 0 Å². The van der Waals surface area contributed by atoms with Crippen molar-refractivity contribution in [3.8, 4) is 0 Å². The molecular weight excluding hydrogens is 146 g/mol. The minimum absolute atomic E-state index is 0.0557. The molecule has 1 heterocycles. The van der Waals surface area contributed by atoms with Gasteiger partial charge in [0, 0.05) is 6.61 Å². The third kappa shape index (κ3) is 1.91. The van der Waals surface area contributed by atoms with Crippen molar-refractivity contribution in [2.75, 3.05) is 6.61 Å². The molecule has 1 fully saturated rings. The van der Waals surface area contributed by atoms with E-state index >= 15 is 0 Å². The largest absolute Gasteiger partial charge is 0.378 e. The van der Waals surface area contributed by atoms with Gasteiger partial charge >= 0.3 is 5.97 Å². The Kier molecular flexibility index (Phi) is 2.84. The fourth-order valence-corrected chi connectivity index (χ4v) is 1.32. The maximum atomic E-state index is 11.0. The molecule has 0 aromatic heterocycles. The molecule has 11 heavy (non-hydrogen) atoms. The van der Waals surface area contributed by atoms with Crippen LogP contribution in [0.3, 0.4) is 0 Å². The van der Waals surface area contributed by atoms with Crippen LogP contribution in [-0.4, -0.2) is 18.7 Å². The predicted molar refractivity (Wildman–Crippen MR) is 38.4 cm³/mol. The Bertz CT molecular complexity index is 149. The first-order valence-electron chi connectivity index (χ1n) is 3.78. The summed E-state index contributed by atoms with van der Waals surface area (Å²) in [5.41, 5.74) is 0.